The zero-order chi connectivity index (χ0) is 18.0. The molecule has 0 N–H and O–H groups in total. The van der Waals surface area contributed by atoms with Gasteiger partial charge < -0.3 is 0 Å². The molecule has 1 heterocycles. The average Bonchev–Trinajstić information content (AvgIpc) is 3.22. The van der Waals surface area contributed by atoms with Crippen LogP contribution < -0.4 is 0 Å². The van der Waals surface area contributed by atoms with Crippen LogP contribution in [0.25, 0.3) is 5.57 Å². The molecule has 1 fully saturated rings. The highest BCUT2D eigenvalue weighted by molar-refractivity contribution is 7.12. The lowest BCUT2D eigenvalue weighted by Crippen LogP contribution is -2.32. The summed E-state index contributed by atoms with van der Waals surface area (Å²) in [6.45, 7) is 15.6. The SMILES string of the molecule is C=C(C)c1ccc(C2(c3nc4c(s3)C(C)(C)CCC4(C)C)CC2)cc1. The normalized spacial score (nSPS) is 22.3. The first-order chi connectivity index (χ1) is 11.7. The summed E-state index contributed by atoms with van der Waals surface area (Å²) in [6, 6.07) is 9.04. The Morgan fingerprint density at radius 2 is 1.56 bits per heavy atom. The van der Waals surface area contributed by atoms with Crippen molar-refractivity contribution in [2.45, 2.75) is 76.5 Å². The van der Waals surface area contributed by atoms with Crippen molar-refractivity contribution >= 4 is 16.9 Å². The minimum atomic E-state index is 0.168. The second kappa shape index (κ2) is 5.30. The van der Waals surface area contributed by atoms with Gasteiger partial charge in [0, 0.05) is 21.1 Å². The quantitative estimate of drug-likeness (QED) is 0.606. The Hall–Kier alpha value is -1.41. The molecule has 0 aliphatic heterocycles. The van der Waals surface area contributed by atoms with Crippen molar-refractivity contribution < 1.29 is 0 Å². The summed E-state index contributed by atoms with van der Waals surface area (Å²) in [5.41, 5.74) is 5.81. The molecule has 1 aromatic heterocycles. The number of benzene rings is 1. The van der Waals surface area contributed by atoms with Crippen LogP contribution in [0.5, 0.6) is 0 Å². The fraction of sp³-hybridized carbons (Fsp3) is 0.522. The summed E-state index contributed by atoms with van der Waals surface area (Å²) in [6.07, 6.45) is 4.95. The first kappa shape index (κ1) is 17.0. The lowest BCUT2D eigenvalue weighted by Gasteiger charge is -2.37. The topological polar surface area (TPSA) is 12.9 Å². The number of thiazole rings is 1. The number of allylic oxidation sites excluding steroid dienone is 1. The van der Waals surface area contributed by atoms with Gasteiger partial charge in [0.05, 0.1) is 5.69 Å². The van der Waals surface area contributed by atoms with Gasteiger partial charge >= 0.3 is 0 Å². The predicted molar refractivity (Wildman–Crippen MR) is 109 cm³/mol. The Morgan fingerprint density at radius 1 is 0.960 bits per heavy atom. The maximum absolute atomic E-state index is 5.27. The maximum Gasteiger partial charge on any atom is 0.104 e. The van der Waals surface area contributed by atoms with E-state index in [0.29, 0.717) is 0 Å². The fourth-order valence-electron chi connectivity index (χ4n) is 4.12. The number of hydrogen-bond donors (Lipinski definition) is 0. The minimum Gasteiger partial charge on any atom is -0.244 e. The van der Waals surface area contributed by atoms with E-state index in [1.165, 1.54) is 52.4 Å². The molecule has 2 aliphatic carbocycles. The van der Waals surface area contributed by atoms with Gasteiger partial charge in [-0.15, -0.1) is 11.3 Å². The Kier molecular flexibility index (Phi) is 3.61. The Balaban J connectivity index is 1.78. The number of aromatic nitrogens is 1. The Morgan fingerprint density at radius 3 is 2.08 bits per heavy atom. The highest BCUT2D eigenvalue weighted by Crippen LogP contribution is 2.58. The van der Waals surface area contributed by atoms with Gasteiger partial charge in [0.2, 0.25) is 0 Å². The van der Waals surface area contributed by atoms with Gasteiger partial charge in [-0.25, -0.2) is 4.98 Å². The average molecular weight is 352 g/mol. The lowest BCUT2D eigenvalue weighted by molar-refractivity contribution is 0.331. The van der Waals surface area contributed by atoms with Crippen LogP contribution in [0, 0.1) is 0 Å². The fourth-order valence-corrected chi connectivity index (χ4v) is 5.77. The van der Waals surface area contributed by atoms with E-state index in [1.54, 1.807) is 0 Å². The molecule has 0 radical (unpaired) electrons. The van der Waals surface area contributed by atoms with E-state index in [9.17, 15) is 0 Å². The summed E-state index contributed by atoms with van der Waals surface area (Å²) in [4.78, 5) is 6.80. The molecule has 25 heavy (non-hydrogen) atoms. The van der Waals surface area contributed by atoms with Gasteiger partial charge in [-0.2, -0.15) is 0 Å². The molecular weight excluding hydrogens is 322 g/mol. The summed E-state index contributed by atoms with van der Waals surface area (Å²) in [5.74, 6) is 0. The second-order valence-electron chi connectivity index (χ2n) is 9.40. The van der Waals surface area contributed by atoms with Crippen LogP contribution in [0.15, 0.2) is 30.8 Å². The summed E-state index contributed by atoms with van der Waals surface area (Å²) in [5, 5.41) is 1.35. The molecule has 0 unspecified atom stereocenters. The van der Waals surface area contributed by atoms with Crippen molar-refractivity contribution in [1.29, 1.82) is 0 Å². The summed E-state index contributed by atoms with van der Waals surface area (Å²) in [7, 11) is 0. The Labute approximate surface area is 156 Å². The van der Waals surface area contributed by atoms with Crippen LogP contribution in [0.3, 0.4) is 0 Å². The number of rotatable bonds is 3. The molecule has 4 rings (SSSR count). The summed E-state index contributed by atoms with van der Waals surface area (Å²) < 4.78 is 0. The monoisotopic (exact) mass is 351 g/mol. The molecule has 132 valence electrons. The number of fused-ring (bicyclic) bond motifs is 1. The molecule has 1 aromatic carbocycles. The lowest BCUT2D eigenvalue weighted by atomic mass is 9.69. The first-order valence-corrected chi connectivity index (χ1v) is 10.3. The van der Waals surface area contributed by atoms with Gasteiger partial charge in [-0.3, -0.25) is 0 Å². The van der Waals surface area contributed by atoms with Gasteiger partial charge in [0.15, 0.2) is 0 Å². The van der Waals surface area contributed by atoms with Crippen LogP contribution in [-0.4, -0.2) is 4.98 Å². The van der Waals surface area contributed by atoms with E-state index in [2.05, 4.69) is 65.5 Å². The zero-order valence-electron chi connectivity index (χ0n) is 16.2. The standard InChI is InChI=1S/C23H29NS/c1-15(2)16-7-9-17(10-8-16)23(13-14-23)20-24-18-19(25-20)22(5,6)12-11-21(18,3)4/h7-10H,1,11-14H2,2-6H3. The van der Waals surface area contributed by atoms with Crippen LogP contribution in [0.4, 0.5) is 0 Å². The van der Waals surface area contributed by atoms with Crippen molar-refractivity contribution in [2.75, 3.05) is 0 Å². The van der Waals surface area contributed by atoms with Crippen molar-refractivity contribution in [3.05, 3.63) is 57.6 Å². The maximum atomic E-state index is 5.27. The predicted octanol–water partition coefficient (Wildman–Crippen LogP) is 6.61. The van der Waals surface area contributed by atoms with E-state index >= 15 is 0 Å². The van der Waals surface area contributed by atoms with Gasteiger partial charge in [-0.1, -0.05) is 64.1 Å². The third kappa shape index (κ3) is 2.61. The molecule has 0 spiro atoms. The molecule has 2 aliphatic rings. The minimum absolute atomic E-state index is 0.168. The molecule has 2 heteroatoms. The third-order valence-corrected chi connectivity index (χ3v) is 7.97. The summed E-state index contributed by atoms with van der Waals surface area (Å²) >= 11 is 1.99. The van der Waals surface area contributed by atoms with Crippen molar-refractivity contribution in [3.8, 4) is 0 Å². The van der Waals surface area contributed by atoms with Gasteiger partial charge in [0.1, 0.15) is 5.01 Å². The molecule has 1 saturated carbocycles. The first-order valence-electron chi connectivity index (χ1n) is 9.44. The number of nitrogens with zero attached hydrogens (tertiary/aromatic N) is 1. The number of hydrogen-bond acceptors (Lipinski definition) is 2. The second-order valence-corrected chi connectivity index (χ2v) is 10.4. The van der Waals surface area contributed by atoms with E-state index < -0.39 is 0 Å². The zero-order valence-corrected chi connectivity index (χ0v) is 17.0. The van der Waals surface area contributed by atoms with Crippen LogP contribution >= 0.6 is 11.3 Å². The Bertz CT molecular complexity index is 798. The van der Waals surface area contributed by atoms with Crippen molar-refractivity contribution in [1.82, 2.24) is 4.98 Å². The highest BCUT2D eigenvalue weighted by Gasteiger charge is 2.51. The van der Waals surface area contributed by atoms with Crippen LogP contribution in [0.1, 0.15) is 87.0 Å². The van der Waals surface area contributed by atoms with Gasteiger partial charge in [0.25, 0.3) is 0 Å². The van der Waals surface area contributed by atoms with Crippen LogP contribution in [0.2, 0.25) is 0 Å². The van der Waals surface area contributed by atoms with E-state index in [-0.39, 0.29) is 16.2 Å². The molecule has 2 aromatic rings. The van der Waals surface area contributed by atoms with Crippen molar-refractivity contribution in [2.24, 2.45) is 0 Å². The van der Waals surface area contributed by atoms with E-state index in [0.717, 1.165) is 5.57 Å². The highest BCUT2D eigenvalue weighted by atomic mass is 32.1. The van der Waals surface area contributed by atoms with Crippen molar-refractivity contribution in [3.63, 3.8) is 0 Å². The molecular formula is C23H29NS. The molecule has 1 nitrogen and oxygen atoms in total. The largest absolute Gasteiger partial charge is 0.244 e. The third-order valence-electron chi connectivity index (χ3n) is 6.35. The molecule has 0 atom stereocenters. The van der Waals surface area contributed by atoms with Crippen LogP contribution in [-0.2, 0) is 16.2 Å². The molecule has 0 amide bonds. The smallest absolute Gasteiger partial charge is 0.104 e. The van der Waals surface area contributed by atoms with Gasteiger partial charge in [-0.05, 0) is 43.7 Å². The van der Waals surface area contributed by atoms with E-state index in [1.807, 2.05) is 11.3 Å². The molecule has 0 bridgehead atoms. The van der Waals surface area contributed by atoms with E-state index in [4.69, 9.17) is 4.98 Å². The molecule has 0 saturated heterocycles.